The van der Waals surface area contributed by atoms with Crippen molar-refractivity contribution in [2.75, 3.05) is 6.61 Å². The minimum absolute atomic E-state index is 0.0270. The molecule has 1 atom stereocenters. The van der Waals surface area contributed by atoms with Crippen LogP contribution in [0.4, 0.5) is 13.2 Å². The molecule has 1 aromatic carbocycles. The van der Waals surface area contributed by atoms with Crippen molar-refractivity contribution in [3.8, 4) is 0 Å². The molecule has 116 valence electrons. The molecular formula is C15H18F3NO2. The molecule has 0 aliphatic rings. The van der Waals surface area contributed by atoms with Crippen LogP contribution in [0.25, 0.3) is 0 Å². The minimum atomic E-state index is -4.45. The average Bonchev–Trinajstić information content (AvgIpc) is 2.37. The number of nitrogens with one attached hydrogen (secondary N) is 1. The number of esters is 1. The number of hydrogen-bond acceptors (Lipinski definition) is 3. The van der Waals surface area contributed by atoms with Gasteiger partial charge in [-0.05, 0) is 18.9 Å². The molecule has 0 amide bonds. The zero-order chi connectivity index (χ0) is 15.9. The molecular weight excluding hydrogens is 283 g/mol. The molecule has 0 aliphatic carbocycles. The summed E-state index contributed by atoms with van der Waals surface area (Å²) in [4.78, 5) is 11.6. The Kier molecular flexibility index (Phi) is 6.39. The number of carbonyl (C=O) groups is 1. The first-order valence-electron chi connectivity index (χ1n) is 6.65. The van der Waals surface area contributed by atoms with Crippen molar-refractivity contribution in [1.82, 2.24) is 0 Å². The number of benzene rings is 1. The Labute approximate surface area is 121 Å². The van der Waals surface area contributed by atoms with E-state index in [9.17, 15) is 18.0 Å². The molecule has 6 heteroatoms. The fourth-order valence-corrected chi connectivity index (χ4v) is 1.99. The highest BCUT2D eigenvalue weighted by atomic mass is 19.4. The minimum Gasteiger partial charge on any atom is -0.466 e. The van der Waals surface area contributed by atoms with Crippen LogP contribution < -0.4 is 0 Å². The first-order chi connectivity index (χ1) is 9.81. The third-order valence-electron chi connectivity index (χ3n) is 2.85. The van der Waals surface area contributed by atoms with Gasteiger partial charge in [-0.25, -0.2) is 0 Å². The maximum Gasteiger partial charge on any atom is 0.389 e. The number of carbonyl (C=O) groups excluding carboxylic acids is 1. The molecule has 0 aromatic heterocycles. The Morgan fingerprint density at radius 3 is 2.43 bits per heavy atom. The van der Waals surface area contributed by atoms with Gasteiger partial charge in [0.2, 0.25) is 0 Å². The summed E-state index contributed by atoms with van der Waals surface area (Å²) in [6.45, 7) is 1.57. The van der Waals surface area contributed by atoms with Gasteiger partial charge in [-0.15, -0.1) is 0 Å². The standard InChI is InChI=1S/C15H18F3NO2/c1-2-21-14(20)12(10-15(16,17)18)9-13(19)8-11-6-4-3-5-7-11/h3-7,12,19H,2,8-10H2,1H3. The second-order valence-corrected chi connectivity index (χ2v) is 4.74. The van der Waals surface area contributed by atoms with Crippen molar-refractivity contribution < 1.29 is 22.7 Å². The van der Waals surface area contributed by atoms with Crippen molar-refractivity contribution >= 4 is 11.7 Å². The first-order valence-corrected chi connectivity index (χ1v) is 6.65. The quantitative estimate of drug-likeness (QED) is 0.615. The number of rotatable bonds is 7. The van der Waals surface area contributed by atoms with E-state index in [-0.39, 0.29) is 25.2 Å². The predicted octanol–water partition coefficient (Wildman–Crippen LogP) is 3.77. The summed E-state index contributed by atoms with van der Waals surface area (Å²) in [5, 5.41) is 7.81. The van der Waals surface area contributed by atoms with E-state index in [4.69, 9.17) is 5.41 Å². The van der Waals surface area contributed by atoms with Crippen LogP contribution in [0.2, 0.25) is 0 Å². The van der Waals surface area contributed by atoms with Gasteiger partial charge in [0.15, 0.2) is 0 Å². The van der Waals surface area contributed by atoms with Crippen LogP contribution >= 0.6 is 0 Å². The maximum atomic E-state index is 12.5. The number of hydrogen-bond donors (Lipinski definition) is 1. The molecule has 1 unspecified atom stereocenters. The number of alkyl halides is 3. The highest BCUT2D eigenvalue weighted by Crippen LogP contribution is 2.28. The molecule has 0 bridgehead atoms. The highest BCUT2D eigenvalue weighted by Gasteiger charge is 2.36. The second-order valence-electron chi connectivity index (χ2n) is 4.74. The van der Waals surface area contributed by atoms with E-state index in [1.807, 2.05) is 6.07 Å². The lowest BCUT2D eigenvalue weighted by Gasteiger charge is -2.17. The van der Waals surface area contributed by atoms with Crippen molar-refractivity contribution in [3.05, 3.63) is 35.9 Å². The summed E-state index contributed by atoms with van der Waals surface area (Å²) in [6, 6.07) is 8.98. The Hall–Kier alpha value is -1.85. The first kappa shape index (κ1) is 17.2. The van der Waals surface area contributed by atoms with Crippen LogP contribution in [0.5, 0.6) is 0 Å². The van der Waals surface area contributed by atoms with Crippen molar-refractivity contribution in [2.45, 2.75) is 32.4 Å². The molecule has 0 radical (unpaired) electrons. The van der Waals surface area contributed by atoms with E-state index in [2.05, 4.69) is 4.74 Å². The van der Waals surface area contributed by atoms with Crippen LogP contribution in [-0.4, -0.2) is 24.5 Å². The van der Waals surface area contributed by atoms with E-state index >= 15 is 0 Å². The van der Waals surface area contributed by atoms with E-state index in [0.717, 1.165) is 5.56 Å². The number of halogens is 3. The molecule has 0 saturated carbocycles. The molecule has 0 heterocycles. The van der Waals surface area contributed by atoms with Crippen LogP contribution in [0, 0.1) is 11.3 Å². The molecule has 0 fully saturated rings. The molecule has 21 heavy (non-hydrogen) atoms. The summed E-state index contributed by atoms with van der Waals surface area (Å²) in [5.74, 6) is -2.24. The third-order valence-corrected chi connectivity index (χ3v) is 2.85. The molecule has 1 aromatic rings. The zero-order valence-electron chi connectivity index (χ0n) is 11.7. The van der Waals surface area contributed by atoms with E-state index in [0.29, 0.717) is 0 Å². The van der Waals surface area contributed by atoms with Gasteiger partial charge in [0, 0.05) is 12.1 Å². The monoisotopic (exact) mass is 301 g/mol. The van der Waals surface area contributed by atoms with Gasteiger partial charge < -0.3 is 10.1 Å². The summed E-state index contributed by atoms with van der Waals surface area (Å²) in [7, 11) is 0. The fraction of sp³-hybridized carbons (Fsp3) is 0.467. The summed E-state index contributed by atoms with van der Waals surface area (Å²) >= 11 is 0. The highest BCUT2D eigenvalue weighted by molar-refractivity contribution is 5.87. The van der Waals surface area contributed by atoms with Crippen molar-refractivity contribution in [3.63, 3.8) is 0 Å². The summed E-state index contributed by atoms with van der Waals surface area (Å²) in [5.41, 5.74) is 0.917. The molecule has 0 saturated heterocycles. The van der Waals surface area contributed by atoms with Gasteiger partial charge in [-0.3, -0.25) is 4.79 Å². The molecule has 3 nitrogen and oxygen atoms in total. The van der Waals surface area contributed by atoms with Gasteiger partial charge in [0.05, 0.1) is 18.9 Å². The Balaban J connectivity index is 2.67. The number of ether oxygens (including phenoxy) is 1. The van der Waals surface area contributed by atoms with Crippen LogP contribution in [0.1, 0.15) is 25.3 Å². The van der Waals surface area contributed by atoms with E-state index < -0.39 is 24.5 Å². The van der Waals surface area contributed by atoms with Crippen LogP contribution in [0.3, 0.4) is 0 Å². The Morgan fingerprint density at radius 1 is 1.29 bits per heavy atom. The Morgan fingerprint density at radius 2 is 1.90 bits per heavy atom. The van der Waals surface area contributed by atoms with Crippen molar-refractivity contribution in [1.29, 1.82) is 5.41 Å². The lowest BCUT2D eigenvalue weighted by molar-refractivity contribution is -0.166. The maximum absolute atomic E-state index is 12.5. The third kappa shape index (κ3) is 6.92. The van der Waals surface area contributed by atoms with Gasteiger partial charge in [-0.1, -0.05) is 30.3 Å². The fourth-order valence-electron chi connectivity index (χ4n) is 1.99. The van der Waals surface area contributed by atoms with Crippen LogP contribution in [0.15, 0.2) is 30.3 Å². The lowest BCUT2D eigenvalue weighted by atomic mass is 9.95. The Bertz CT molecular complexity index is 472. The predicted molar refractivity (Wildman–Crippen MR) is 73.3 cm³/mol. The van der Waals surface area contributed by atoms with Gasteiger partial charge in [0.1, 0.15) is 0 Å². The second kappa shape index (κ2) is 7.81. The van der Waals surface area contributed by atoms with E-state index in [1.54, 1.807) is 24.3 Å². The molecule has 1 rings (SSSR count). The van der Waals surface area contributed by atoms with Crippen molar-refractivity contribution in [2.24, 2.45) is 5.92 Å². The van der Waals surface area contributed by atoms with Crippen LogP contribution in [-0.2, 0) is 16.0 Å². The van der Waals surface area contributed by atoms with E-state index in [1.165, 1.54) is 6.92 Å². The topological polar surface area (TPSA) is 50.2 Å². The van der Waals surface area contributed by atoms with Gasteiger partial charge in [-0.2, -0.15) is 13.2 Å². The molecule has 1 N–H and O–H groups in total. The van der Waals surface area contributed by atoms with Gasteiger partial charge >= 0.3 is 12.1 Å². The summed E-state index contributed by atoms with van der Waals surface area (Å²) < 4.78 is 42.2. The van der Waals surface area contributed by atoms with Gasteiger partial charge in [0.25, 0.3) is 0 Å². The normalized spacial score (nSPS) is 12.8. The molecule has 0 spiro atoms. The summed E-state index contributed by atoms with van der Waals surface area (Å²) in [6.07, 6.45) is -5.73. The largest absolute Gasteiger partial charge is 0.466 e. The average molecular weight is 301 g/mol. The molecule has 0 aliphatic heterocycles. The SMILES string of the molecule is CCOC(=O)C(CC(=N)Cc1ccccc1)CC(F)(F)F. The lowest BCUT2D eigenvalue weighted by Crippen LogP contribution is -2.27. The zero-order valence-corrected chi connectivity index (χ0v) is 11.7. The smallest absolute Gasteiger partial charge is 0.389 e.